The number of imidazole rings is 1. The Hall–Kier alpha value is -3.42. The lowest BCUT2D eigenvalue weighted by Gasteiger charge is -2.12. The first-order valence-corrected chi connectivity index (χ1v) is 10.7. The van der Waals surface area contributed by atoms with Crippen molar-refractivity contribution in [1.82, 2.24) is 14.5 Å². The number of halogens is 1. The van der Waals surface area contributed by atoms with Crippen LogP contribution in [0.3, 0.4) is 0 Å². The second kappa shape index (κ2) is 8.75. The highest BCUT2D eigenvalue weighted by molar-refractivity contribution is 6.35. The molecule has 4 aromatic rings. The number of nitriles is 1. The van der Waals surface area contributed by atoms with E-state index in [0.29, 0.717) is 6.54 Å². The third kappa shape index (κ3) is 4.10. The molecule has 0 fully saturated rings. The van der Waals surface area contributed by atoms with Crippen molar-refractivity contribution in [1.29, 1.82) is 5.26 Å². The number of rotatable bonds is 5. The second-order valence-corrected chi connectivity index (χ2v) is 7.96. The Morgan fingerprint density at radius 2 is 1.68 bits per heavy atom. The Kier molecular flexibility index (Phi) is 5.88. The summed E-state index contributed by atoms with van der Waals surface area (Å²) >= 11 is 6.29. The number of hydrogen-bond acceptors (Lipinski definition) is 3. The van der Waals surface area contributed by atoms with Crippen molar-refractivity contribution in [2.24, 2.45) is 0 Å². The van der Waals surface area contributed by atoms with Crippen molar-refractivity contribution in [3.8, 4) is 6.07 Å². The Morgan fingerprint density at radius 3 is 2.32 bits per heavy atom. The number of allylic oxidation sites excluding steroid dienone is 1. The van der Waals surface area contributed by atoms with Crippen molar-refractivity contribution in [2.45, 2.75) is 33.7 Å². The van der Waals surface area contributed by atoms with Crippen LogP contribution in [0.25, 0.3) is 16.7 Å². The zero-order valence-electron chi connectivity index (χ0n) is 17.9. The first-order valence-electron chi connectivity index (χ1n) is 10.3. The number of aromatic nitrogens is 3. The molecule has 0 amide bonds. The fraction of sp³-hybridized carbons (Fsp3) is 0.192. The minimum Gasteiger partial charge on any atom is -0.308 e. The van der Waals surface area contributed by atoms with E-state index in [9.17, 15) is 5.26 Å². The van der Waals surface area contributed by atoms with Crippen LogP contribution in [0, 0.1) is 25.2 Å². The fourth-order valence-corrected chi connectivity index (χ4v) is 4.14. The van der Waals surface area contributed by atoms with E-state index in [2.05, 4.69) is 42.7 Å². The first kappa shape index (κ1) is 20.8. The van der Waals surface area contributed by atoms with Crippen molar-refractivity contribution in [3.05, 3.63) is 99.5 Å². The monoisotopic (exact) mass is 426 g/mol. The molecule has 0 N–H and O–H groups in total. The van der Waals surface area contributed by atoms with Gasteiger partial charge in [0.2, 0.25) is 0 Å². The lowest BCUT2D eigenvalue weighted by atomic mass is 9.96. The van der Waals surface area contributed by atoms with Gasteiger partial charge in [-0.05, 0) is 42.2 Å². The number of benzene rings is 2. The van der Waals surface area contributed by atoms with Gasteiger partial charge in [0.25, 0.3) is 0 Å². The van der Waals surface area contributed by atoms with Crippen LogP contribution in [0.5, 0.6) is 0 Å². The van der Waals surface area contributed by atoms with Crippen molar-refractivity contribution >= 4 is 28.3 Å². The molecule has 2 aromatic carbocycles. The zero-order valence-corrected chi connectivity index (χ0v) is 18.6. The van der Waals surface area contributed by atoms with Crippen LogP contribution in [0.2, 0.25) is 0 Å². The fourth-order valence-electron chi connectivity index (χ4n) is 3.92. The van der Waals surface area contributed by atoms with Crippen molar-refractivity contribution in [2.75, 3.05) is 0 Å². The zero-order chi connectivity index (χ0) is 22.0. The van der Waals surface area contributed by atoms with Gasteiger partial charge < -0.3 is 4.57 Å². The molecular weight excluding hydrogens is 404 g/mol. The van der Waals surface area contributed by atoms with Gasteiger partial charge in [0.05, 0.1) is 6.54 Å². The van der Waals surface area contributed by atoms with Crippen molar-refractivity contribution < 1.29 is 0 Å². The van der Waals surface area contributed by atoms with E-state index < -0.39 is 0 Å². The lowest BCUT2D eigenvalue weighted by molar-refractivity contribution is 0.745. The summed E-state index contributed by atoms with van der Waals surface area (Å²) in [6.07, 6.45) is 0.839. The lowest BCUT2D eigenvalue weighted by Crippen LogP contribution is -2.06. The second-order valence-electron chi connectivity index (χ2n) is 7.58. The van der Waals surface area contributed by atoms with Gasteiger partial charge in [-0.2, -0.15) is 5.26 Å². The molecule has 0 aliphatic heterocycles. The van der Waals surface area contributed by atoms with E-state index in [4.69, 9.17) is 21.6 Å². The topological polar surface area (TPSA) is 54.5 Å². The van der Waals surface area contributed by atoms with E-state index in [1.165, 1.54) is 0 Å². The molecule has 0 bridgehead atoms. The van der Waals surface area contributed by atoms with E-state index in [0.717, 1.165) is 56.9 Å². The molecule has 2 heterocycles. The number of fused-ring (bicyclic) bond motifs is 1. The highest BCUT2D eigenvalue weighted by Crippen LogP contribution is 2.29. The number of pyridine rings is 1. The van der Waals surface area contributed by atoms with Crippen LogP contribution in [0.1, 0.15) is 40.7 Å². The predicted octanol–water partition coefficient (Wildman–Crippen LogP) is 6.18. The van der Waals surface area contributed by atoms with E-state index in [1.807, 2.05) is 49.4 Å². The first-order chi connectivity index (χ1) is 15.0. The average molecular weight is 427 g/mol. The van der Waals surface area contributed by atoms with E-state index in [-0.39, 0.29) is 5.03 Å². The summed E-state index contributed by atoms with van der Waals surface area (Å²) in [6.45, 7) is 6.90. The van der Waals surface area contributed by atoms with Gasteiger partial charge in [-0.3, -0.25) is 0 Å². The molecule has 4 rings (SSSR count). The van der Waals surface area contributed by atoms with Gasteiger partial charge in [-0.25, -0.2) is 9.97 Å². The van der Waals surface area contributed by atoms with Gasteiger partial charge in [0.1, 0.15) is 22.4 Å². The molecule has 5 heteroatoms. The molecule has 0 spiro atoms. The molecule has 2 aromatic heterocycles. The smallest absolute Gasteiger partial charge is 0.160 e. The summed E-state index contributed by atoms with van der Waals surface area (Å²) < 4.78 is 2.19. The Bertz CT molecular complexity index is 1310. The molecule has 0 aliphatic rings. The largest absolute Gasteiger partial charge is 0.308 e. The predicted molar refractivity (Wildman–Crippen MR) is 126 cm³/mol. The molecule has 0 aliphatic carbocycles. The SMILES string of the molecule is CCc1nc2c(C)cc(C)nc2n1Cc1ccc(/C(=C(/Cl)C#N)c2ccccc2)cc1. The Morgan fingerprint density at radius 1 is 1.00 bits per heavy atom. The molecule has 0 saturated heterocycles. The van der Waals surface area contributed by atoms with E-state index in [1.54, 1.807) is 0 Å². The van der Waals surface area contributed by atoms with Crippen LogP contribution in [-0.2, 0) is 13.0 Å². The van der Waals surface area contributed by atoms with Crippen LogP contribution < -0.4 is 0 Å². The number of hydrogen-bond donors (Lipinski definition) is 0. The third-order valence-electron chi connectivity index (χ3n) is 5.38. The Labute approximate surface area is 187 Å². The molecule has 154 valence electrons. The number of nitrogens with zero attached hydrogens (tertiary/aromatic N) is 4. The van der Waals surface area contributed by atoms with Crippen LogP contribution in [0.4, 0.5) is 0 Å². The summed E-state index contributed by atoms with van der Waals surface area (Å²) in [6, 6.07) is 22.1. The maximum absolute atomic E-state index is 9.40. The van der Waals surface area contributed by atoms with Crippen LogP contribution >= 0.6 is 11.6 Å². The van der Waals surface area contributed by atoms with Crippen molar-refractivity contribution in [3.63, 3.8) is 0 Å². The molecule has 0 saturated carbocycles. The summed E-state index contributed by atoms with van der Waals surface area (Å²) in [4.78, 5) is 9.59. The van der Waals surface area contributed by atoms with Crippen LogP contribution in [0.15, 0.2) is 65.7 Å². The molecule has 4 nitrogen and oxygen atoms in total. The third-order valence-corrected chi connectivity index (χ3v) is 5.65. The summed E-state index contributed by atoms with van der Waals surface area (Å²) in [7, 11) is 0. The normalized spacial score (nSPS) is 12.0. The summed E-state index contributed by atoms with van der Waals surface area (Å²) in [5.74, 6) is 1.03. The Balaban J connectivity index is 1.72. The minimum atomic E-state index is 0.183. The average Bonchev–Trinajstić information content (AvgIpc) is 3.13. The van der Waals surface area contributed by atoms with Gasteiger partial charge in [0, 0.05) is 17.7 Å². The molecule has 0 atom stereocenters. The van der Waals surface area contributed by atoms with Gasteiger partial charge in [-0.15, -0.1) is 0 Å². The minimum absolute atomic E-state index is 0.183. The van der Waals surface area contributed by atoms with E-state index >= 15 is 0 Å². The van der Waals surface area contributed by atoms with Gasteiger partial charge in [0.15, 0.2) is 5.65 Å². The summed E-state index contributed by atoms with van der Waals surface area (Å²) in [5, 5.41) is 9.58. The number of aryl methyl sites for hydroxylation is 3. The van der Waals surface area contributed by atoms with Crippen LogP contribution in [-0.4, -0.2) is 14.5 Å². The molecule has 0 unspecified atom stereocenters. The maximum Gasteiger partial charge on any atom is 0.160 e. The molecular formula is C26H23ClN4. The standard InChI is InChI=1S/C26H23ClN4/c1-4-23-30-25-17(2)14-18(3)29-26(25)31(23)16-19-10-12-21(13-11-19)24(22(27)15-28)20-8-6-5-7-9-20/h5-14H,4,16H2,1-3H3/b24-22+. The highest BCUT2D eigenvalue weighted by Gasteiger charge is 2.15. The summed E-state index contributed by atoms with van der Waals surface area (Å²) in [5.41, 5.74) is 7.75. The maximum atomic E-state index is 9.40. The van der Waals surface area contributed by atoms with Gasteiger partial charge >= 0.3 is 0 Å². The van der Waals surface area contributed by atoms with Gasteiger partial charge in [-0.1, -0.05) is 73.1 Å². The molecule has 31 heavy (non-hydrogen) atoms. The molecule has 0 radical (unpaired) electrons. The quantitative estimate of drug-likeness (QED) is 0.358. The highest BCUT2D eigenvalue weighted by atomic mass is 35.5.